The van der Waals surface area contributed by atoms with Gasteiger partial charge in [-0.1, -0.05) is 18.9 Å². The van der Waals surface area contributed by atoms with Crippen LogP contribution in [-0.2, 0) is 6.18 Å². The molecule has 1 aromatic carbocycles. The van der Waals surface area contributed by atoms with Gasteiger partial charge in [-0.3, -0.25) is 0 Å². The summed E-state index contributed by atoms with van der Waals surface area (Å²) in [7, 11) is 0. The molecule has 1 saturated carbocycles. The van der Waals surface area contributed by atoms with Gasteiger partial charge in [0.1, 0.15) is 0 Å². The Labute approximate surface area is 131 Å². The van der Waals surface area contributed by atoms with E-state index in [9.17, 15) is 13.2 Å². The second kappa shape index (κ2) is 6.39. The maximum Gasteiger partial charge on any atom is 0.416 e. The summed E-state index contributed by atoms with van der Waals surface area (Å²) in [5.41, 5.74) is -0.463. The van der Waals surface area contributed by atoms with Crippen molar-refractivity contribution in [2.45, 2.75) is 37.9 Å². The van der Waals surface area contributed by atoms with E-state index in [4.69, 9.17) is 0 Å². The minimum absolute atomic E-state index is 0.160. The third kappa shape index (κ3) is 4.08. The maximum absolute atomic E-state index is 12.7. The second-order valence-electron chi connectivity index (χ2n) is 5.49. The predicted octanol–water partition coefficient (Wildman–Crippen LogP) is 3.99. The summed E-state index contributed by atoms with van der Waals surface area (Å²) in [6.07, 6.45) is 1.66. The Morgan fingerprint density at radius 2 is 1.91 bits per heavy atom. The molecule has 8 heteroatoms. The summed E-state index contributed by atoms with van der Waals surface area (Å²) in [4.78, 5) is 4.25. The first kappa shape index (κ1) is 15.5. The minimum Gasteiger partial charge on any atom is -0.366 e. The average Bonchev–Trinajstić information content (AvgIpc) is 3.00. The van der Waals surface area contributed by atoms with Crippen molar-refractivity contribution in [3.8, 4) is 0 Å². The van der Waals surface area contributed by atoms with E-state index in [1.807, 2.05) is 0 Å². The van der Waals surface area contributed by atoms with Crippen molar-refractivity contribution in [3.63, 3.8) is 0 Å². The Balaban J connectivity index is 1.72. The van der Waals surface area contributed by atoms with Gasteiger partial charge in [-0.05, 0) is 31.0 Å². The van der Waals surface area contributed by atoms with Crippen LogP contribution in [0.25, 0.3) is 0 Å². The molecule has 23 heavy (non-hydrogen) atoms. The third-order valence-electron chi connectivity index (χ3n) is 3.71. The van der Waals surface area contributed by atoms with Gasteiger partial charge in [0.15, 0.2) is 5.82 Å². The van der Waals surface area contributed by atoms with Gasteiger partial charge >= 0.3 is 6.18 Å². The van der Waals surface area contributed by atoms with Crippen LogP contribution in [-0.4, -0.2) is 21.2 Å². The molecule has 0 amide bonds. The van der Waals surface area contributed by atoms with E-state index in [0.717, 1.165) is 25.0 Å². The zero-order valence-corrected chi connectivity index (χ0v) is 12.3. The van der Waals surface area contributed by atoms with Crippen LogP contribution in [0.1, 0.15) is 31.2 Å². The number of halogens is 3. The van der Waals surface area contributed by atoms with E-state index in [-0.39, 0.29) is 11.6 Å². The molecule has 0 bridgehead atoms. The number of alkyl halides is 3. The summed E-state index contributed by atoms with van der Waals surface area (Å²) in [6.45, 7) is 0. The maximum atomic E-state index is 12.7. The number of nitrogens with zero attached hydrogens (tertiary/aromatic N) is 3. The number of aromatic nitrogens is 3. The van der Waals surface area contributed by atoms with Gasteiger partial charge in [-0.15, -0.1) is 5.10 Å². The molecule has 3 rings (SSSR count). The molecule has 0 unspecified atom stereocenters. The lowest BCUT2D eigenvalue weighted by Gasteiger charge is -2.13. The van der Waals surface area contributed by atoms with Gasteiger partial charge in [0.05, 0.1) is 11.8 Å². The first-order chi connectivity index (χ1) is 11.0. The molecule has 122 valence electrons. The minimum atomic E-state index is -4.39. The van der Waals surface area contributed by atoms with Gasteiger partial charge < -0.3 is 10.6 Å². The largest absolute Gasteiger partial charge is 0.416 e. The zero-order valence-electron chi connectivity index (χ0n) is 12.3. The van der Waals surface area contributed by atoms with Crippen LogP contribution < -0.4 is 10.6 Å². The van der Waals surface area contributed by atoms with Crippen molar-refractivity contribution in [2.75, 3.05) is 10.6 Å². The molecule has 1 heterocycles. The van der Waals surface area contributed by atoms with Crippen molar-refractivity contribution >= 4 is 17.5 Å². The van der Waals surface area contributed by atoms with Crippen molar-refractivity contribution in [2.24, 2.45) is 0 Å². The van der Waals surface area contributed by atoms with E-state index in [1.165, 1.54) is 31.2 Å². The highest BCUT2D eigenvalue weighted by Gasteiger charge is 2.30. The van der Waals surface area contributed by atoms with Crippen molar-refractivity contribution in [1.29, 1.82) is 0 Å². The number of anilines is 3. The standard InChI is InChI=1S/C15H16F3N5/c16-15(17,18)10-4-3-7-12(8-10)21-14-22-13(9-19-23-14)20-11-5-1-2-6-11/h3-4,7-9,11H,1-2,5-6H2,(H2,20,21,22,23). The normalized spacial score (nSPS) is 15.6. The lowest BCUT2D eigenvalue weighted by Crippen LogP contribution is -2.16. The molecular formula is C15H16F3N5. The fraction of sp³-hybridized carbons (Fsp3) is 0.400. The fourth-order valence-corrected chi connectivity index (χ4v) is 2.61. The quantitative estimate of drug-likeness (QED) is 0.891. The Hall–Kier alpha value is -2.38. The highest BCUT2D eigenvalue weighted by atomic mass is 19.4. The van der Waals surface area contributed by atoms with Crippen LogP contribution in [0.4, 0.5) is 30.6 Å². The first-order valence-corrected chi connectivity index (χ1v) is 7.41. The molecule has 1 aliphatic rings. The van der Waals surface area contributed by atoms with Crippen LogP contribution in [0.5, 0.6) is 0 Å². The summed E-state index contributed by atoms with van der Waals surface area (Å²) in [6, 6.07) is 5.26. The third-order valence-corrected chi connectivity index (χ3v) is 3.71. The lowest BCUT2D eigenvalue weighted by molar-refractivity contribution is -0.137. The molecule has 0 radical (unpaired) electrons. The molecule has 5 nitrogen and oxygen atoms in total. The number of benzene rings is 1. The molecule has 1 fully saturated rings. The van der Waals surface area contributed by atoms with Crippen LogP contribution in [0, 0.1) is 0 Å². The smallest absolute Gasteiger partial charge is 0.366 e. The molecule has 1 aromatic heterocycles. The Morgan fingerprint density at radius 1 is 1.13 bits per heavy atom. The summed E-state index contributed by atoms with van der Waals surface area (Å²) >= 11 is 0. The molecule has 0 atom stereocenters. The first-order valence-electron chi connectivity index (χ1n) is 7.41. The molecule has 0 saturated heterocycles. The van der Waals surface area contributed by atoms with Crippen molar-refractivity contribution in [3.05, 3.63) is 36.0 Å². The monoisotopic (exact) mass is 323 g/mol. The lowest BCUT2D eigenvalue weighted by atomic mass is 10.2. The van der Waals surface area contributed by atoms with E-state index in [2.05, 4.69) is 25.8 Å². The molecule has 2 aromatic rings. The van der Waals surface area contributed by atoms with E-state index >= 15 is 0 Å². The Morgan fingerprint density at radius 3 is 2.65 bits per heavy atom. The topological polar surface area (TPSA) is 62.7 Å². The molecule has 1 aliphatic carbocycles. The van der Waals surface area contributed by atoms with E-state index in [1.54, 1.807) is 0 Å². The van der Waals surface area contributed by atoms with Crippen LogP contribution in [0.2, 0.25) is 0 Å². The molecule has 2 N–H and O–H groups in total. The van der Waals surface area contributed by atoms with E-state index < -0.39 is 11.7 Å². The van der Waals surface area contributed by atoms with Crippen LogP contribution in [0.15, 0.2) is 30.5 Å². The summed E-state index contributed by atoms with van der Waals surface area (Å²) in [5, 5.41) is 13.7. The SMILES string of the molecule is FC(F)(F)c1cccc(Nc2nncc(NC3CCCC3)n2)c1. The molecular weight excluding hydrogens is 307 g/mol. The number of nitrogens with one attached hydrogen (secondary N) is 2. The molecule has 0 spiro atoms. The van der Waals surface area contributed by atoms with Crippen LogP contribution >= 0.6 is 0 Å². The number of rotatable bonds is 4. The Bertz CT molecular complexity index is 668. The van der Waals surface area contributed by atoms with Crippen molar-refractivity contribution in [1.82, 2.24) is 15.2 Å². The molecule has 0 aliphatic heterocycles. The highest BCUT2D eigenvalue weighted by molar-refractivity contribution is 5.55. The fourth-order valence-electron chi connectivity index (χ4n) is 2.61. The second-order valence-corrected chi connectivity index (χ2v) is 5.49. The van der Waals surface area contributed by atoms with Gasteiger partial charge in [0.25, 0.3) is 0 Å². The zero-order chi connectivity index (χ0) is 16.3. The Kier molecular flexibility index (Phi) is 4.31. The summed E-state index contributed by atoms with van der Waals surface area (Å²) < 4.78 is 38.2. The van der Waals surface area contributed by atoms with Crippen molar-refractivity contribution < 1.29 is 13.2 Å². The van der Waals surface area contributed by atoms with E-state index in [0.29, 0.717) is 11.9 Å². The summed E-state index contributed by atoms with van der Waals surface area (Å²) in [5.74, 6) is 0.730. The van der Waals surface area contributed by atoms with Gasteiger partial charge in [0.2, 0.25) is 5.95 Å². The number of hydrogen-bond donors (Lipinski definition) is 2. The van der Waals surface area contributed by atoms with Gasteiger partial charge in [-0.25, -0.2) is 0 Å². The number of hydrogen-bond acceptors (Lipinski definition) is 5. The predicted molar refractivity (Wildman–Crippen MR) is 80.4 cm³/mol. The highest BCUT2D eigenvalue weighted by Crippen LogP contribution is 2.31. The average molecular weight is 323 g/mol. The van der Waals surface area contributed by atoms with Crippen LogP contribution in [0.3, 0.4) is 0 Å². The van der Waals surface area contributed by atoms with Gasteiger partial charge in [0, 0.05) is 11.7 Å². The van der Waals surface area contributed by atoms with Gasteiger partial charge in [-0.2, -0.15) is 23.3 Å².